The lowest BCUT2D eigenvalue weighted by molar-refractivity contribution is -0.136. The standard InChI is InChI=1S/C26H28N4O4/c1-19(31)27-23(17-21-9-5-3-6-10-21)25(33)29-13-15-30(16-14-29)26(34)24(28-20(2)32)18-22-11-7-4-8-12-22/h3-12,17-18H,13-16H2,1-2H3,(H,27,31)(H,28,32)/b23-17-,24-18+. The topological polar surface area (TPSA) is 98.8 Å². The molecular weight excluding hydrogens is 432 g/mol. The second-order valence-corrected chi connectivity index (χ2v) is 7.88. The number of benzene rings is 2. The highest BCUT2D eigenvalue weighted by Crippen LogP contribution is 2.13. The predicted molar refractivity (Wildman–Crippen MR) is 130 cm³/mol. The zero-order valence-corrected chi connectivity index (χ0v) is 19.3. The molecule has 1 fully saturated rings. The molecule has 0 atom stereocenters. The number of carbonyl (C=O) groups is 4. The molecule has 1 saturated heterocycles. The summed E-state index contributed by atoms with van der Waals surface area (Å²) in [5, 5.41) is 5.24. The van der Waals surface area contributed by atoms with Crippen LogP contribution < -0.4 is 10.6 Å². The first-order valence-corrected chi connectivity index (χ1v) is 11.0. The molecule has 0 radical (unpaired) electrons. The number of nitrogens with one attached hydrogen (secondary N) is 2. The number of carbonyl (C=O) groups excluding carboxylic acids is 4. The van der Waals surface area contributed by atoms with Crippen molar-refractivity contribution in [2.45, 2.75) is 13.8 Å². The van der Waals surface area contributed by atoms with Gasteiger partial charge in [0.15, 0.2) is 0 Å². The van der Waals surface area contributed by atoms with Crippen molar-refractivity contribution in [1.82, 2.24) is 20.4 Å². The first-order valence-electron chi connectivity index (χ1n) is 11.0. The number of piperazine rings is 1. The van der Waals surface area contributed by atoms with Crippen LogP contribution in [0, 0.1) is 0 Å². The highest BCUT2D eigenvalue weighted by molar-refractivity contribution is 6.02. The molecule has 0 spiro atoms. The molecule has 1 aliphatic heterocycles. The Morgan fingerprint density at radius 2 is 0.941 bits per heavy atom. The Hall–Kier alpha value is -4.20. The van der Waals surface area contributed by atoms with E-state index in [2.05, 4.69) is 10.6 Å². The number of hydrogen-bond acceptors (Lipinski definition) is 4. The Balaban J connectivity index is 1.71. The second-order valence-electron chi connectivity index (χ2n) is 7.88. The lowest BCUT2D eigenvalue weighted by atomic mass is 10.1. The van der Waals surface area contributed by atoms with Gasteiger partial charge in [-0.25, -0.2) is 0 Å². The van der Waals surface area contributed by atoms with Crippen molar-refractivity contribution in [3.63, 3.8) is 0 Å². The van der Waals surface area contributed by atoms with Gasteiger partial charge in [0.25, 0.3) is 11.8 Å². The fraction of sp³-hybridized carbons (Fsp3) is 0.231. The smallest absolute Gasteiger partial charge is 0.270 e. The van der Waals surface area contributed by atoms with E-state index < -0.39 is 0 Å². The van der Waals surface area contributed by atoms with Crippen LogP contribution in [-0.4, -0.2) is 59.6 Å². The van der Waals surface area contributed by atoms with Crippen molar-refractivity contribution in [3.8, 4) is 0 Å². The van der Waals surface area contributed by atoms with Crippen molar-refractivity contribution in [3.05, 3.63) is 83.2 Å². The summed E-state index contributed by atoms with van der Waals surface area (Å²) < 4.78 is 0. The van der Waals surface area contributed by atoms with Crippen molar-refractivity contribution >= 4 is 35.8 Å². The summed E-state index contributed by atoms with van der Waals surface area (Å²) in [7, 11) is 0. The molecule has 2 N–H and O–H groups in total. The average molecular weight is 461 g/mol. The summed E-state index contributed by atoms with van der Waals surface area (Å²) in [6.07, 6.45) is 3.28. The molecule has 34 heavy (non-hydrogen) atoms. The Bertz CT molecular complexity index is 1010. The van der Waals surface area contributed by atoms with Crippen molar-refractivity contribution in [1.29, 1.82) is 0 Å². The Morgan fingerprint density at radius 1 is 0.618 bits per heavy atom. The molecule has 1 heterocycles. The van der Waals surface area contributed by atoms with Crippen LogP contribution in [0.15, 0.2) is 72.1 Å². The van der Waals surface area contributed by atoms with Crippen molar-refractivity contribution in [2.75, 3.05) is 26.2 Å². The van der Waals surface area contributed by atoms with Crippen LogP contribution in [0.1, 0.15) is 25.0 Å². The van der Waals surface area contributed by atoms with Gasteiger partial charge in [-0.1, -0.05) is 60.7 Å². The molecule has 3 rings (SSSR count). The van der Waals surface area contributed by atoms with Gasteiger partial charge >= 0.3 is 0 Å². The molecule has 0 saturated carbocycles. The zero-order chi connectivity index (χ0) is 24.5. The van der Waals surface area contributed by atoms with E-state index in [-0.39, 0.29) is 35.0 Å². The number of hydrogen-bond donors (Lipinski definition) is 2. The SMILES string of the molecule is CC(=O)N/C(=C\c1ccccc1)C(=O)N1CCN(C(=O)/C(=C\c2ccccc2)NC(C)=O)CC1. The number of nitrogens with zero attached hydrogens (tertiary/aromatic N) is 2. The third kappa shape index (κ3) is 6.90. The lowest BCUT2D eigenvalue weighted by Crippen LogP contribution is -2.53. The van der Waals surface area contributed by atoms with E-state index in [9.17, 15) is 19.2 Å². The Morgan fingerprint density at radius 3 is 1.24 bits per heavy atom. The quantitative estimate of drug-likeness (QED) is 0.645. The normalized spacial score (nSPS) is 14.4. The maximum atomic E-state index is 13.1. The molecule has 2 aromatic carbocycles. The van der Waals surface area contributed by atoms with Gasteiger partial charge in [-0.05, 0) is 23.3 Å². The van der Waals surface area contributed by atoms with E-state index >= 15 is 0 Å². The number of rotatable bonds is 6. The van der Waals surface area contributed by atoms with Gasteiger partial charge in [0.1, 0.15) is 11.4 Å². The summed E-state index contributed by atoms with van der Waals surface area (Å²) in [6, 6.07) is 18.5. The first-order chi connectivity index (χ1) is 16.3. The average Bonchev–Trinajstić information content (AvgIpc) is 2.83. The van der Waals surface area contributed by atoms with Crippen LogP contribution in [0.25, 0.3) is 12.2 Å². The third-order valence-corrected chi connectivity index (χ3v) is 5.16. The van der Waals surface area contributed by atoms with Crippen LogP contribution in [0.4, 0.5) is 0 Å². The van der Waals surface area contributed by atoms with E-state index in [4.69, 9.17) is 0 Å². The molecule has 0 bridgehead atoms. The van der Waals surface area contributed by atoms with Crippen LogP contribution in [0.5, 0.6) is 0 Å². The molecule has 2 aromatic rings. The fourth-order valence-corrected chi connectivity index (χ4v) is 3.57. The van der Waals surface area contributed by atoms with Crippen LogP contribution >= 0.6 is 0 Å². The maximum absolute atomic E-state index is 13.1. The van der Waals surface area contributed by atoms with Gasteiger partial charge in [0.2, 0.25) is 11.8 Å². The van der Waals surface area contributed by atoms with Gasteiger partial charge in [0, 0.05) is 40.0 Å². The minimum absolute atomic E-state index is 0.182. The first kappa shape index (κ1) is 24.4. The van der Waals surface area contributed by atoms with Gasteiger partial charge in [0.05, 0.1) is 0 Å². The minimum atomic E-state index is -0.338. The predicted octanol–water partition coefficient (Wildman–Crippen LogP) is 2.01. The lowest BCUT2D eigenvalue weighted by Gasteiger charge is -2.35. The van der Waals surface area contributed by atoms with E-state index in [1.54, 1.807) is 22.0 Å². The van der Waals surface area contributed by atoms with E-state index in [0.717, 1.165) is 11.1 Å². The molecule has 8 heteroatoms. The highest BCUT2D eigenvalue weighted by Gasteiger charge is 2.28. The fourth-order valence-electron chi connectivity index (χ4n) is 3.57. The molecule has 4 amide bonds. The zero-order valence-electron chi connectivity index (χ0n) is 19.3. The van der Waals surface area contributed by atoms with E-state index in [1.807, 2.05) is 60.7 Å². The molecule has 0 aliphatic carbocycles. The molecule has 0 unspecified atom stereocenters. The van der Waals surface area contributed by atoms with Crippen LogP contribution in [-0.2, 0) is 19.2 Å². The van der Waals surface area contributed by atoms with Gasteiger partial charge in [-0.15, -0.1) is 0 Å². The largest absolute Gasteiger partial charge is 0.334 e. The Labute approximate surface area is 198 Å². The molecule has 8 nitrogen and oxygen atoms in total. The summed E-state index contributed by atoms with van der Waals surface area (Å²) in [6.45, 7) is 3.91. The summed E-state index contributed by atoms with van der Waals surface area (Å²) in [5.74, 6) is -1.30. The van der Waals surface area contributed by atoms with E-state index in [1.165, 1.54) is 13.8 Å². The minimum Gasteiger partial charge on any atom is -0.334 e. The third-order valence-electron chi connectivity index (χ3n) is 5.16. The monoisotopic (exact) mass is 460 g/mol. The molecule has 176 valence electrons. The summed E-state index contributed by atoms with van der Waals surface area (Å²) in [4.78, 5) is 52.8. The molecular formula is C26H28N4O4. The summed E-state index contributed by atoms with van der Waals surface area (Å²) >= 11 is 0. The number of amides is 4. The van der Waals surface area contributed by atoms with Gasteiger partial charge in [-0.2, -0.15) is 0 Å². The molecule has 1 aliphatic rings. The van der Waals surface area contributed by atoms with Crippen LogP contribution in [0.2, 0.25) is 0 Å². The highest BCUT2D eigenvalue weighted by atomic mass is 16.2. The summed E-state index contributed by atoms with van der Waals surface area (Å²) in [5.41, 5.74) is 1.95. The Kier molecular flexibility index (Phi) is 8.34. The maximum Gasteiger partial charge on any atom is 0.270 e. The van der Waals surface area contributed by atoms with Gasteiger partial charge in [-0.3, -0.25) is 19.2 Å². The molecule has 0 aromatic heterocycles. The second kappa shape index (κ2) is 11.6. The van der Waals surface area contributed by atoms with Crippen molar-refractivity contribution in [2.24, 2.45) is 0 Å². The van der Waals surface area contributed by atoms with Gasteiger partial charge < -0.3 is 20.4 Å². The van der Waals surface area contributed by atoms with E-state index in [0.29, 0.717) is 26.2 Å². The van der Waals surface area contributed by atoms with Crippen molar-refractivity contribution < 1.29 is 19.2 Å². The van der Waals surface area contributed by atoms with Crippen LogP contribution in [0.3, 0.4) is 0 Å².